The number of aliphatic imine (C=N–C) groups is 1. The van der Waals surface area contributed by atoms with Crippen LogP contribution >= 0.6 is 0 Å². The van der Waals surface area contributed by atoms with Crippen LogP contribution in [-0.4, -0.2) is 11.3 Å². The lowest BCUT2D eigenvalue weighted by atomic mass is 10.0. The molecule has 0 radical (unpaired) electrons. The quantitative estimate of drug-likeness (QED) is 0.370. The van der Waals surface area contributed by atoms with E-state index in [1.807, 2.05) is 42.5 Å². The molecule has 0 unspecified atom stereocenters. The van der Waals surface area contributed by atoms with E-state index < -0.39 is 0 Å². The van der Waals surface area contributed by atoms with Gasteiger partial charge in [-0.3, -0.25) is 4.99 Å². The summed E-state index contributed by atoms with van der Waals surface area (Å²) in [7, 11) is 0. The normalized spacial score (nSPS) is 12.8. The Morgan fingerprint density at radius 1 is 0.760 bits per heavy atom. The standard InChI is InChI=1S/C23H19NO/c1-16(17-7-3-2-4-8-17)24-15-22-13-20-11-18-9-5-6-10-19(18)12-21(20)14-23(22)25/h2-16,25H,1H3/t16-/m0/s1. The maximum Gasteiger partial charge on any atom is 0.124 e. The van der Waals surface area contributed by atoms with Crippen LogP contribution in [0.1, 0.15) is 24.1 Å². The van der Waals surface area contributed by atoms with E-state index in [4.69, 9.17) is 0 Å². The fourth-order valence-corrected chi connectivity index (χ4v) is 3.11. The van der Waals surface area contributed by atoms with Gasteiger partial charge in [0.2, 0.25) is 0 Å². The molecule has 4 aromatic rings. The molecule has 0 saturated carbocycles. The highest BCUT2D eigenvalue weighted by Crippen LogP contribution is 2.28. The number of nitrogens with zero attached hydrogens (tertiary/aromatic N) is 1. The van der Waals surface area contributed by atoms with Crippen molar-refractivity contribution in [3.63, 3.8) is 0 Å². The molecule has 0 bridgehead atoms. The topological polar surface area (TPSA) is 32.6 Å². The summed E-state index contributed by atoms with van der Waals surface area (Å²) >= 11 is 0. The Balaban J connectivity index is 1.73. The zero-order valence-electron chi connectivity index (χ0n) is 14.1. The van der Waals surface area contributed by atoms with Crippen LogP contribution in [0, 0.1) is 0 Å². The zero-order valence-corrected chi connectivity index (χ0v) is 14.1. The molecule has 0 aliphatic heterocycles. The molecule has 0 aliphatic rings. The first-order chi connectivity index (χ1) is 12.2. The summed E-state index contributed by atoms with van der Waals surface area (Å²) in [5.41, 5.74) is 1.90. The molecule has 122 valence electrons. The smallest absolute Gasteiger partial charge is 0.124 e. The van der Waals surface area contributed by atoms with E-state index in [1.54, 1.807) is 6.21 Å². The third kappa shape index (κ3) is 3.11. The first-order valence-corrected chi connectivity index (χ1v) is 8.44. The van der Waals surface area contributed by atoms with E-state index in [2.05, 4.69) is 48.3 Å². The van der Waals surface area contributed by atoms with Gasteiger partial charge in [-0.1, -0.05) is 54.6 Å². The number of phenolic OH excluding ortho intramolecular Hbond substituents is 1. The lowest BCUT2D eigenvalue weighted by Crippen LogP contribution is -1.91. The van der Waals surface area contributed by atoms with Crippen LogP contribution in [-0.2, 0) is 0 Å². The average molecular weight is 325 g/mol. The fraction of sp³-hybridized carbons (Fsp3) is 0.0870. The second-order valence-electron chi connectivity index (χ2n) is 6.32. The van der Waals surface area contributed by atoms with Crippen LogP contribution in [0.3, 0.4) is 0 Å². The number of hydrogen-bond acceptors (Lipinski definition) is 2. The maximum atomic E-state index is 10.4. The van der Waals surface area contributed by atoms with Gasteiger partial charge >= 0.3 is 0 Å². The molecule has 25 heavy (non-hydrogen) atoms. The van der Waals surface area contributed by atoms with Gasteiger partial charge in [0.1, 0.15) is 5.75 Å². The van der Waals surface area contributed by atoms with Gasteiger partial charge < -0.3 is 5.11 Å². The minimum atomic E-state index is 0.0490. The minimum Gasteiger partial charge on any atom is -0.507 e. The van der Waals surface area contributed by atoms with E-state index >= 15 is 0 Å². The SMILES string of the molecule is C[C@H](N=Cc1cc2cc3ccccc3cc2cc1O)c1ccccc1. The Bertz CT molecular complexity index is 1070. The summed E-state index contributed by atoms with van der Waals surface area (Å²) < 4.78 is 0. The van der Waals surface area contributed by atoms with Gasteiger partial charge in [-0.05, 0) is 58.3 Å². The molecule has 2 nitrogen and oxygen atoms in total. The molecule has 4 aromatic carbocycles. The fourth-order valence-electron chi connectivity index (χ4n) is 3.11. The van der Waals surface area contributed by atoms with Crippen molar-refractivity contribution in [1.82, 2.24) is 0 Å². The molecule has 0 spiro atoms. The third-order valence-electron chi connectivity index (χ3n) is 4.57. The van der Waals surface area contributed by atoms with Gasteiger partial charge in [0, 0.05) is 11.8 Å². The van der Waals surface area contributed by atoms with Gasteiger partial charge in [-0.2, -0.15) is 0 Å². The van der Waals surface area contributed by atoms with E-state index in [9.17, 15) is 5.11 Å². The van der Waals surface area contributed by atoms with Gasteiger partial charge in [-0.25, -0.2) is 0 Å². The molecule has 0 amide bonds. The largest absolute Gasteiger partial charge is 0.507 e. The van der Waals surface area contributed by atoms with Gasteiger partial charge in [0.15, 0.2) is 0 Å². The highest BCUT2D eigenvalue weighted by molar-refractivity contribution is 6.01. The minimum absolute atomic E-state index is 0.0490. The highest BCUT2D eigenvalue weighted by atomic mass is 16.3. The van der Waals surface area contributed by atoms with Crippen molar-refractivity contribution in [3.05, 3.63) is 90.0 Å². The van der Waals surface area contributed by atoms with Crippen molar-refractivity contribution in [2.24, 2.45) is 4.99 Å². The van der Waals surface area contributed by atoms with E-state index in [-0.39, 0.29) is 11.8 Å². The molecule has 1 N–H and O–H groups in total. The van der Waals surface area contributed by atoms with Crippen molar-refractivity contribution < 1.29 is 5.11 Å². The second kappa shape index (κ2) is 6.40. The summed E-state index contributed by atoms with van der Waals surface area (Å²) in [5.74, 6) is 0.256. The van der Waals surface area contributed by atoms with Crippen molar-refractivity contribution >= 4 is 27.8 Å². The van der Waals surface area contributed by atoms with E-state index in [0.717, 1.165) is 21.9 Å². The van der Waals surface area contributed by atoms with Crippen LogP contribution in [0.25, 0.3) is 21.5 Å². The van der Waals surface area contributed by atoms with Crippen molar-refractivity contribution in [2.45, 2.75) is 13.0 Å². The van der Waals surface area contributed by atoms with Crippen LogP contribution in [0.4, 0.5) is 0 Å². The Labute approximate surface area is 147 Å². The molecular weight excluding hydrogens is 306 g/mol. The number of phenols is 1. The van der Waals surface area contributed by atoms with E-state index in [1.165, 1.54) is 10.8 Å². The second-order valence-corrected chi connectivity index (χ2v) is 6.32. The number of aromatic hydroxyl groups is 1. The summed E-state index contributed by atoms with van der Waals surface area (Å²) in [6.45, 7) is 2.05. The van der Waals surface area contributed by atoms with Crippen molar-refractivity contribution in [1.29, 1.82) is 0 Å². The maximum absolute atomic E-state index is 10.4. The molecule has 0 saturated heterocycles. The third-order valence-corrected chi connectivity index (χ3v) is 4.57. The molecule has 0 aliphatic carbocycles. The Morgan fingerprint density at radius 3 is 2.04 bits per heavy atom. The van der Waals surface area contributed by atoms with Gasteiger partial charge in [0.05, 0.1) is 6.04 Å². The molecule has 0 heterocycles. The predicted molar refractivity (Wildman–Crippen MR) is 106 cm³/mol. The van der Waals surface area contributed by atoms with Crippen LogP contribution < -0.4 is 0 Å². The molecule has 1 atom stereocenters. The molecule has 0 aromatic heterocycles. The van der Waals surface area contributed by atoms with Crippen LogP contribution in [0.15, 0.2) is 83.9 Å². The van der Waals surface area contributed by atoms with E-state index in [0.29, 0.717) is 0 Å². The number of hydrogen-bond donors (Lipinski definition) is 1. The Hall–Kier alpha value is -3.13. The Kier molecular flexibility index (Phi) is 3.95. The monoisotopic (exact) mass is 325 g/mol. The summed E-state index contributed by atoms with van der Waals surface area (Å²) in [6, 6.07) is 26.5. The first-order valence-electron chi connectivity index (χ1n) is 8.44. The zero-order chi connectivity index (χ0) is 17.2. The van der Waals surface area contributed by atoms with Gasteiger partial charge in [-0.15, -0.1) is 0 Å². The first kappa shape index (κ1) is 15.4. The summed E-state index contributed by atoms with van der Waals surface area (Å²) in [6.07, 6.45) is 1.77. The molecular formula is C23H19NO. The molecule has 0 fully saturated rings. The number of benzene rings is 4. The molecule has 2 heteroatoms. The van der Waals surface area contributed by atoms with Crippen LogP contribution in [0.5, 0.6) is 5.75 Å². The number of fused-ring (bicyclic) bond motifs is 2. The average Bonchev–Trinajstić information content (AvgIpc) is 2.65. The Morgan fingerprint density at radius 2 is 1.36 bits per heavy atom. The predicted octanol–water partition coefficient (Wildman–Crippen LogP) is 5.88. The summed E-state index contributed by atoms with van der Waals surface area (Å²) in [4.78, 5) is 4.61. The number of rotatable bonds is 3. The van der Waals surface area contributed by atoms with Crippen molar-refractivity contribution in [2.75, 3.05) is 0 Å². The van der Waals surface area contributed by atoms with Crippen molar-refractivity contribution in [3.8, 4) is 5.75 Å². The highest BCUT2D eigenvalue weighted by Gasteiger charge is 2.06. The van der Waals surface area contributed by atoms with Gasteiger partial charge in [0.25, 0.3) is 0 Å². The molecule has 4 rings (SSSR count). The van der Waals surface area contributed by atoms with Crippen LogP contribution in [0.2, 0.25) is 0 Å². The lowest BCUT2D eigenvalue weighted by Gasteiger charge is -2.08. The summed E-state index contributed by atoms with van der Waals surface area (Å²) in [5, 5.41) is 14.9. The lowest BCUT2D eigenvalue weighted by molar-refractivity contribution is 0.475.